The molecule has 7 heteroatoms. The Morgan fingerprint density at radius 2 is 1.85 bits per heavy atom. The lowest BCUT2D eigenvalue weighted by molar-refractivity contribution is -0.129. The molecule has 1 aliphatic carbocycles. The predicted octanol–water partition coefficient (Wildman–Crippen LogP) is 2.21. The van der Waals surface area contributed by atoms with Gasteiger partial charge >= 0.3 is 0 Å². The SMILES string of the molecule is O=C(CCS(=O)(=O)C1CCCC1)N[C@@H](CN1CCCC1=O)c1ccccc1. The molecule has 3 rings (SSSR count). The first-order chi connectivity index (χ1) is 13.0. The highest BCUT2D eigenvalue weighted by atomic mass is 32.2. The number of amides is 2. The standard InChI is InChI=1S/C20H28N2O4S/c23-19(12-14-27(25,26)17-9-4-5-10-17)21-18(16-7-2-1-3-8-16)15-22-13-6-11-20(22)24/h1-3,7-8,17-18H,4-6,9-15H2,(H,21,23)/t18-/m0/s1. The highest BCUT2D eigenvalue weighted by molar-refractivity contribution is 7.92. The van der Waals surface area contributed by atoms with Gasteiger partial charge in [-0.2, -0.15) is 0 Å². The molecule has 1 aromatic carbocycles. The van der Waals surface area contributed by atoms with Crippen molar-refractivity contribution >= 4 is 21.7 Å². The minimum Gasteiger partial charge on any atom is -0.347 e. The van der Waals surface area contributed by atoms with Crippen molar-refractivity contribution in [2.24, 2.45) is 0 Å². The minimum atomic E-state index is -3.21. The molecule has 0 spiro atoms. The highest BCUT2D eigenvalue weighted by Gasteiger charge is 2.30. The summed E-state index contributed by atoms with van der Waals surface area (Å²) in [5, 5.41) is 2.67. The summed E-state index contributed by atoms with van der Waals surface area (Å²) in [6, 6.07) is 9.20. The number of hydrogen-bond acceptors (Lipinski definition) is 4. The minimum absolute atomic E-state index is 0.0316. The fraction of sp³-hybridized carbons (Fsp3) is 0.600. The Bertz CT molecular complexity index is 757. The van der Waals surface area contributed by atoms with Crippen molar-refractivity contribution in [3.63, 3.8) is 0 Å². The number of likely N-dealkylation sites (tertiary alicyclic amines) is 1. The molecular formula is C20H28N2O4S. The second-order valence-corrected chi connectivity index (χ2v) is 9.90. The summed E-state index contributed by atoms with van der Waals surface area (Å²) in [7, 11) is -3.21. The van der Waals surface area contributed by atoms with Gasteiger partial charge in [-0.3, -0.25) is 9.59 Å². The van der Waals surface area contributed by atoms with Crippen LogP contribution in [-0.2, 0) is 19.4 Å². The Labute approximate surface area is 161 Å². The number of nitrogens with zero attached hydrogens (tertiary/aromatic N) is 1. The van der Waals surface area contributed by atoms with Gasteiger partial charge in [-0.1, -0.05) is 43.2 Å². The maximum Gasteiger partial charge on any atom is 0.222 e. The van der Waals surface area contributed by atoms with Crippen molar-refractivity contribution < 1.29 is 18.0 Å². The lowest BCUT2D eigenvalue weighted by Gasteiger charge is -2.25. The lowest BCUT2D eigenvalue weighted by atomic mass is 10.1. The first kappa shape index (κ1) is 19.9. The van der Waals surface area contributed by atoms with Crippen LogP contribution >= 0.6 is 0 Å². The number of nitrogens with one attached hydrogen (secondary N) is 1. The van der Waals surface area contributed by atoms with E-state index in [1.54, 1.807) is 4.90 Å². The Hall–Kier alpha value is -1.89. The summed E-state index contributed by atoms with van der Waals surface area (Å²) >= 11 is 0. The summed E-state index contributed by atoms with van der Waals surface area (Å²) < 4.78 is 24.8. The average Bonchev–Trinajstić information content (AvgIpc) is 3.33. The second kappa shape index (κ2) is 8.87. The summed E-state index contributed by atoms with van der Waals surface area (Å²) in [6.07, 6.45) is 4.70. The van der Waals surface area contributed by atoms with Gasteiger partial charge in [-0.15, -0.1) is 0 Å². The zero-order valence-corrected chi connectivity index (χ0v) is 16.4. The third kappa shape index (κ3) is 5.31. The summed E-state index contributed by atoms with van der Waals surface area (Å²) in [4.78, 5) is 26.2. The normalized spacial score (nSPS) is 19.4. The van der Waals surface area contributed by atoms with Crippen LogP contribution < -0.4 is 5.32 Å². The van der Waals surface area contributed by atoms with Crippen molar-refractivity contribution in [1.29, 1.82) is 0 Å². The largest absolute Gasteiger partial charge is 0.347 e. The monoisotopic (exact) mass is 392 g/mol. The summed E-state index contributed by atoms with van der Waals surface area (Å²) in [6.45, 7) is 1.12. The molecule has 2 aliphatic rings. The van der Waals surface area contributed by atoms with Crippen LogP contribution in [0.1, 0.15) is 56.6 Å². The van der Waals surface area contributed by atoms with E-state index in [1.165, 1.54) is 0 Å². The first-order valence-corrected chi connectivity index (χ1v) is 11.5. The molecule has 0 unspecified atom stereocenters. The van der Waals surface area contributed by atoms with Crippen LogP contribution in [0.2, 0.25) is 0 Å². The molecule has 1 N–H and O–H groups in total. The first-order valence-electron chi connectivity index (χ1n) is 9.79. The van der Waals surface area contributed by atoms with Gasteiger partial charge in [0.15, 0.2) is 9.84 Å². The molecule has 0 bridgehead atoms. The highest BCUT2D eigenvalue weighted by Crippen LogP contribution is 2.25. The van der Waals surface area contributed by atoms with Crippen LogP contribution in [0.4, 0.5) is 0 Å². The fourth-order valence-electron chi connectivity index (χ4n) is 3.95. The third-order valence-electron chi connectivity index (χ3n) is 5.54. The second-order valence-electron chi connectivity index (χ2n) is 7.50. The number of carbonyl (C=O) groups excluding carboxylic acids is 2. The zero-order chi connectivity index (χ0) is 19.3. The molecule has 1 heterocycles. The molecule has 1 aromatic rings. The van der Waals surface area contributed by atoms with Crippen LogP contribution in [0.3, 0.4) is 0 Å². The van der Waals surface area contributed by atoms with E-state index in [-0.39, 0.29) is 35.3 Å². The van der Waals surface area contributed by atoms with Crippen molar-refractivity contribution in [3.05, 3.63) is 35.9 Å². The Morgan fingerprint density at radius 1 is 1.15 bits per heavy atom. The number of sulfone groups is 1. The van der Waals surface area contributed by atoms with E-state index < -0.39 is 9.84 Å². The number of rotatable bonds is 8. The van der Waals surface area contributed by atoms with Crippen molar-refractivity contribution in [2.45, 2.75) is 56.2 Å². The van der Waals surface area contributed by atoms with E-state index >= 15 is 0 Å². The third-order valence-corrected chi connectivity index (χ3v) is 7.80. The van der Waals surface area contributed by atoms with E-state index in [4.69, 9.17) is 0 Å². The Kier molecular flexibility index (Phi) is 6.52. The van der Waals surface area contributed by atoms with E-state index in [2.05, 4.69) is 5.32 Å². The molecular weight excluding hydrogens is 364 g/mol. The van der Waals surface area contributed by atoms with Crippen LogP contribution in [0.5, 0.6) is 0 Å². The quantitative estimate of drug-likeness (QED) is 0.735. The van der Waals surface area contributed by atoms with E-state index in [1.807, 2.05) is 30.3 Å². The van der Waals surface area contributed by atoms with Crippen molar-refractivity contribution in [3.8, 4) is 0 Å². The lowest BCUT2D eigenvalue weighted by Crippen LogP contribution is -2.39. The summed E-state index contributed by atoms with van der Waals surface area (Å²) in [5.74, 6) is -0.278. The van der Waals surface area contributed by atoms with Gasteiger partial charge in [-0.05, 0) is 24.8 Å². The molecule has 6 nitrogen and oxygen atoms in total. The van der Waals surface area contributed by atoms with Gasteiger partial charge in [0, 0.05) is 25.9 Å². The molecule has 27 heavy (non-hydrogen) atoms. The average molecular weight is 393 g/mol. The molecule has 1 saturated heterocycles. The molecule has 148 valence electrons. The molecule has 0 aromatic heterocycles. The molecule has 0 radical (unpaired) electrons. The van der Waals surface area contributed by atoms with E-state index in [9.17, 15) is 18.0 Å². The molecule has 2 amide bonds. The van der Waals surface area contributed by atoms with Crippen LogP contribution in [0.25, 0.3) is 0 Å². The van der Waals surface area contributed by atoms with Gasteiger partial charge in [0.2, 0.25) is 11.8 Å². The summed E-state index contributed by atoms with van der Waals surface area (Å²) in [5.41, 5.74) is 0.921. The van der Waals surface area contributed by atoms with Gasteiger partial charge in [0.25, 0.3) is 0 Å². The molecule has 2 fully saturated rings. The van der Waals surface area contributed by atoms with Crippen LogP contribution in [0.15, 0.2) is 30.3 Å². The van der Waals surface area contributed by atoms with Gasteiger partial charge in [0.1, 0.15) is 0 Å². The maximum atomic E-state index is 12.5. The van der Waals surface area contributed by atoms with Crippen LogP contribution in [-0.4, -0.2) is 49.2 Å². The van der Waals surface area contributed by atoms with Gasteiger partial charge in [-0.25, -0.2) is 8.42 Å². The number of carbonyl (C=O) groups is 2. The number of benzene rings is 1. The maximum absolute atomic E-state index is 12.5. The van der Waals surface area contributed by atoms with Gasteiger partial charge in [0.05, 0.1) is 17.0 Å². The van der Waals surface area contributed by atoms with E-state index in [0.29, 0.717) is 32.4 Å². The molecule has 1 aliphatic heterocycles. The molecule has 1 atom stereocenters. The molecule has 1 saturated carbocycles. The van der Waals surface area contributed by atoms with Crippen molar-refractivity contribution in [2.75, 3.05) is 18.8 Å². The zero-order valence-electron chi connectivity index (χ0n) is 15.6. The smallest absolute Gasteiger partial charge is 0.222 e. The Morgan fingerprint density at radius 3 is 2.48 bits per heavy atom. The van der Waals surface area contributed by atoms with Crippen LogP contribution in [0, 0.1) is 0 Å². The van der Waals surface area contributed by atoms with E-state index in [0.717, 1.165) is 24.8 Å². The fourth-order valence-corrected chi connectivity index (χ4v) is 5.81. The van der Waals surface area contributed by atoms with Gasteiger partial charge < -0.3 is 10.2 Å². The predicted molar refractivity (Wildman–Crippen MR) is 104 cm³/mol. The van der Waals surface area contributed by atoms with Crippen molar-refractivity contribution in [1.82, 2.24) is 10.2 Å². The topological polar surface area (TPSA) is 83.6 Å². The Balaban J connectivity index is 1.61. The number of hydrogen-bond donors (Lipinski definition) is 1.